The van der Waals surface area contributed by atoms with Crippen LogP contribution in [0.2, 0.25) is 0 Å². The molecule has 6 nitrogen and oxygen atoms in total. The third-order valence-corrected chi connectivity index (χ3v) is 4.16. The van der Waals surface area contributed by atoms with E-state index in [4.69, 9.17) is 10.8 Å². The summed E-state index contributed by atoms with van der Waals surface area (Å²) in [5.41, 5.74) is 9.86. The lowest BCUT2D eigenvalue weighted by Gasteiger charge is -2.26. The third kappa shape index (κ3) is 1.72. The zero-order valence-electron chi connectivity index (χ0n) is 12.2. The quantitative estimate of drug-likeness (QED) is 0.670. The summed E-state index contributed by atoms with van der Waals surface area (Å²) in [6, 6.07) is 8.29. The van der Waals surface area contributed by atoms with Crippen LogP contribution >= 0.6 is 0 Å². The molecule has 21 heavy (non-hydrogen) atoms. The molecule has 1 unspecified atom stereocenters. The Labute approximate surface area is 122 Å². The van der Waals surface area contributed by atoms with Crippen molar-refractivity contribution >= 4 is 22.5 Å². The van der Waals surface area contributed by atoms with Crippen LogP contribution in [0.5, 0.6) is 0 Å². The van der Waals surface area contributed by atoms with E-state index in [-0.39, 0.29) is 6.04 Å². The first-order valence-corrected chi connectivity index (χ1v) is 7.16. The first-order valence-electron chi connectivity index (χ1n) is 7.16. The van der Waals surface area contributed by atoms with E-state index >= 15 is 0 Å². The number of benzene rings is 1. The van der Waals surface area contributed by atoms with E-state index in [1.54, 1.807) is 0 Å². The molecule has 108 valence electrons. The Bertz CT molecular complexity index is 828. The lowest BCUT2D eigenvalue weighted by atomic mass is 10.0. The van der Waals surface area contributed by atoms with E-state index in [9.17, 15) is 0 Å². The summed E-state index contributed by atoms with van der Waals surface area (Å²) >= 11 is 0. The first kappa shape index (κ1) is 12.3. The lowest BCUT2D eigenvalue weighted by Crippen LogP contribution is -2.24. The SMILES string of the molecule is Cc1nn(C)c2nn3c(c12)NCCC3c1cccc(N)c1. The molecule has 0 bridgehead atoms. The number of hydrogen-bond donors (Lipinski definition) is 2. The number of rotatable bonds is 1. The molecule has 1 aromatic carbocycles. The predicted molar refractivity (Wildman–Crippen MR) is 83.3 cm³/mol. The van der Waals surface area contributed by atoms with Crippen molar-refractivity contribution < 1.29 is 0 Å². The van der Waals surface area contributed by atoms with Crippen LogP contribution in [0.25, 0.3) is 11.0 Å². The number of nitrogen functional groups attached to an aromatic ring is 1. The summed E-state index contributed by atoms with van der Waals surface area (Å²) in [6.07, 6.45) is 0.997. The summed E-state index contributed by atoms with van der Waals surface area (Å²) in [4.78, 5) is 0. The van der Waals surface area contributed by atoms with Crippen molar-refractivity contribution in [1.82, 2.24) is 19.6 Å². The molecule has 0 fully saturated rings. The second kappa shape index (κ2) is 4.25. The zero-order chi connectivity index (χ0) is 14.6. The van der Waals surface area contributed by atoms with Crippen LogP contribution in [0.3, 0.4) is 0 Å². The first-order chi connectivity index (χ1) is 10.1. The molecule has 0 radical (unpaired) electrons. The van der Waals surface area contributed by atoms with Crippen molar-refractivity contribution in [1.29, 1.82) is 0 Å². The summed E-state index contributed by atoms with van der Waals surface area (Å²) in [7, 11) is 1.93. The highest BCUT2D eigenvalue weighted by Crippen LogP contribution is 2.35. The molecule has 3 heterocycles. The van der Waals surface area contributed by atoms with Crippen LogP contribution in [-0.2, 0) is 7.05 Å². The van der Waals surface area contributed by atoms with Gasteiger partial charge in [0.05, 0.1) is 17.1 Å². The summed E-state index contributed by atoms with van der Waals surface area (Å²) in [6.45, 7) is 2.95. The Morgan fingerprint density at radius 2 is 2.19 bits per heavy atom. The fraction of sp³-hybridized carbons (Fsp3) is 0.333. The van der Waals surface area contributed by atoms with Crippen LogP contribution in [-0.4, -0.2) is 26.1 Å². The number of hydrogen-bond acceptors (Lipinski definition) is 4. The van der Waals surface area contributed by atoms with Gasteiger partial charge in [0.15, 0.2) is 5.65 Å². The van der Waals surface area contributed by atoms with E-state index < -0.39 is 0 Å². The smallest absolute Gasteiger partial charge is 0.182 e. The maximum Gasteiger partial charge on any atom is 0.182 e. The molecule has 3 aromatic rings. The van der Waals surface area contributed by atoms with Gasteiger partial charge in [0.1, 0.15) is 5.82 Å². The van der Waals surface area contributed by atoms with Gasteiger partial charge in [-0.3, -0.25) is 0 Å². The molecule has 0 spiro atoms. The molecule has 0 aliphatic carbocycles. The highest BCUT2D eigenvalue weighted by molar-refractivity contribution is 5.90. The molecule has 1 aliphatic heterocycles. The highest BCUT2D eigenvalue weighted by atomic mass is 15.4. The van der Waals surface area contributed by atoms with Gasteiger partial charge in [-0.1, -0.05) is 12.1 Å². The highest BCUT2D eigenvalue weighted by Gasteiger charge is 2.27. The molecular weight excluding hydrogens is 264 g/mol. The van der Waals surface area contributed by atoms with Gasteiger partial charge >= 0.3 is 0 Å². The predicted octanol–water partition coefficient (Wildman–Crippen LogP) is 2.07. The van der Waals surface area contributed by atoms with E-state index in [1.807, 2.05) is 36.9 Å². The molecule has 1 aliphatic rings. The maximum absolute atomic E-state index is 5.93. The molecule has 0 saturated heterocycles. The van der Waals surface area contributed by atoms with Crippen LogP contribution in [0, 0.1) is 6.92 Å². The van der Waals surface area contributed by atoms with Crippen LogP contribution in [0.4, 0.5) is 11.5 Å². The topological polar surface area (TPSA) is 73.7 Å². The van der Waals surface area contributed by atoms with Crippen LogP contribution < -0.4 is 11.1 Å². The summed E-state index contributed by atoms with van der Waals surface area (Å²) < 4.78 is 3.92. The number of nitrogens with one attached hydrogen (secondary N) is 1. The second-order valence-corrected chi connectivity index (χ2v) is 5.60. The van der Waals surface area contributed by atoms with Gasteiger partial charge in [0, 0.05) is 19.3 Å². The largest absolute Gasteiger partial charge is 0.399 e. The minimum atomic E-state index is 0.219. The van der Waals surface area contributed by atoms with E-state index in [2.05, 4.69) is 21.2 Å². The number of fused-ring (bicyclic) bond motifs is 3. The molecule has 1 atom stereocenters. The lowest BCUT2D eigenvalue weighted by molar-refractivity contribution is 0.482. The number of aryl methyl sites for hydroxylation is 2. The average Bonchev–Trinajstić information content (AvgIpc) is 2.98. The van der Waals surface area contributed by atoms with Crippen LogP contribution in [0.15, 0.2) is 24.3 Å². The number of anilines is 2. The zero-order valence-corrected chi connectivity index (χ0v) is 12.2. The summed E-state index contributed by atoms with van der Waals surface area (Å²) in [5, 5.41) is 13.8. The molecule has 2 aromatic heterocycles. The van der Waals surface area contributed by atoms with Crippen molar-refractivity contribution in [3.63, 3.8) is 0 Å². The van der Waals surface area contributed by atoms with Gasteiger partial charge in [-0.05, 0) is 31.0 Å². The van der Waals surface area contributed by atoms with Gasteiger partial charge in [0.25, 0.3) is 0 Å². The monoisotopic (exact) mass is 282 g/mol. The van der Waals surface area contributed by atoms with Gasteiger partial charge in [-0.2, -0.15) is 10.2 Å². The molecular formula is C15H18N6. The fourth-order valence-corrected chi connectivity index (χ4v) is 3.22. The molecule has 3 N–H and O–H groups in total. The Morgan fingerprint density at radius 3 is 3.00 bits per heavy atom. The second-order valence-electron chi connectivity index (χ2n) is 5.60. The minimum absolute atomic E-state index is 0.219. The Hall–Kier alpha value is -2.50. The maximum atomic E-state index is 5.93. The van der Waals surface area contributed by atoms with Gasteiger partial charge in [-0.15, -0.1) is 0 Å². The van der Waals surface area contributed by atoms with Crippen molar-refractivity contribution in [2.75, 3.05) is 17.6 Å². The van der Waals surface area contributed by atoms with E-state index in [0.717, 1.165) is 41.2 Å². The van der Waals surface area contributed by atoms with Crippen LogP contribution in [0.1, 0.15) is 23.7 Å². The summed E-state index contributed by atoms with van der Waals surface area (Å²) in [5.74, 6) is 1.06. The van der Waals surface area contributed by atoms with Gasteiger partial charge in [-0.25, -0.2) is 9.36 Å². The molecule has 4 rings (SSSR count). The third-order valence-electron chi connectivity index (χ3n) is 4.16. The number of nitrogens with two attached hydrogens (primary N) is 1. The van der Waals surface area contributed by atoms with Crippen molar-refractivity contribution in [3.8, 4) is 0 Å². The Kier molecular flexibility index (Phi) is 2.48. The Morgan fingerprint density at radius 1 is 1.33 bits per heavy atom. The number of aromatic nitrogens is 4. The minimum Gasteiger partial charge on any atom is -0.399 e. The van der Waals surface area contributed by atoms with Gasteiger partial charge < -0.3 is 11.1 Å². The van der Waals surface area contributed by atoms with E-state index in [1.165, 1.54) is 5.56 Å². The van der Waals surface area contributed by atoms with E-state index in [0.29, 0.717) is 0 Å². The Balaban J connectivity index is 1.92. The number of nitrogens with zero attached hydrogens (tertiary/aromatic N) is 4. The standard InChI is InChI=1S/C15H18N6/c1-9-13-14-17-7-6-12(10-4-3-5-11(16)8-10)21(14)19-15(13)20(2)18-9/h3-5,8,12,17H,6-7,16H2,1-2H3. The molecule has 6 heteroatoms. The fourth-order valence-electron chi connectivity index (χ4n) is 3.22. The normalized spacial score (nSPS) is 17.7. The molecule has 0 amide bonds. The molecule has 0 saturated carbocycles. The van der Waals surface area contributed by atoms with Crippen molar-refractivity contribution in [3.05, 3.63) is 35.5 Å². The van der Waals surface area contributed by atoms with Crippen molar-refractivity contribution in [2.45, 2.75) is 19.4 Å². The van der Waals surface area contributed by atoms with Crippen molar-refractivity contribution in [2.24, 2.45) is 7.05 Å². The average molecular weight is 282 g/mol. The van der Waals surface area contributed by atoms with Gasteiger partial charge in [0.2, 0.25) is 0 Å².